The van der Waals surface area contributed by atoms with Crippen LogP contribution in [-0.2, 0) is 0 Å². The first-order valence-electron chi connectivity index (χ1n) is 10.6. The fourth-order valence-electron chi connectivity index (χ4n) is 3.43. The Kier molecular flexibility index (Phi) is 23.1. The molecule has 0 aromatic carbocycles. The highest BCUT2D eigenvalue weighted by Gasteiger charge is 2.23. The van der Waals surface area contributed by atoms with Crippen LogP contribution in [0.1, 0.15) is 104 Å². The molecule has 0 unspecified atom stereocenters. The minimum atomic E-state index is 0. The summed E-state index contributed by atoms with van der Waals surface area (Å²) in [6.45, 7) is 8.08. The van der Waals surface area contributed by atoms with Crippen LogP contribution in [0.25, 0.3) is 0 Å². The van der Waals surface area contributed by atoms with E-state index in [2.05, 4.69) is 42.4 Å². The lowest BCUT2D eigenvalue weighted by Crippen LogP contribution is -3.00. The van der Waals surface area contributed by atoms with Crippen molar-refractivity contribution in [2.75, 3.05) is 24.2 Å². The van der Waals surface area contributed by atoms with Crippen LogP contribution in [0.5, 0.6) is 0 Å². The maximum absolute atomic E-state index is 5.69. The monoisotopic (exact) mass is 483 g/mol. The van der Waals surface area contributed by atoms with Gasteiger partial charge in [0.1, 0.15) is 11.1 Å². The Labute approximate surface area is 179 Å². The van der Waals surface area contributed by atoms with Gasteiger partial charge in [0.2, 0.25) is 0 Å². The van der Waals surface area contributed by atoms with E-state index < -0.39 is 0 Å². The molecule has 0 saturated heterocycles. The van der Waals surface area contributed by atoms with Crippen molar-refractivity contribution in [3.05, 3.63) is 0 Å². The van der Waals surface area contributed by atoms with Crippen molar-refractivity contribution in [2.24, 2.45) is 0 Å². The predicted octanol–water partition coefficient (Wildman–Crippen LogP) is 4.33. The Balaban J connectivity index is 0. The Morgan fingerprint density at radius 2 is 1.04 bits per heavy atom. The maximum Gasteiger partial charge on any atom is 0.141 e. The Morgan fingerprint density at radius 1 is 0.680 bits per heavy atom. The summed E-state index contributed by atoms with van der Waals surface area (Å²) in [5.74, 6) is 2.96. The van der Waals surface area contributed by atoms with E-state index in [0.29, 0.717) is 0 Å². The zero-order valence-electron chi connectivity index (χ0n) is 17.0. The van der Waals surface area contributed by atoms with Crippen molar-refractivity contribution in [1.29, 1.82) is 0 Å². The molecule has 0 radical (unpaired) electrons. The molecule has 0 bridgehead atoms. The van der Waals surface area contributed by atoms with Crippen LogP contribution in [0, 0.1) is 12.3 Å². The summed E-state index contributed by atoms with van der Waals surface area (Å²) in [6, 6.07) is 0. The lowest BCUT2D eigenvalue weighted by molar-refractivity contribution is -0.906. The number of rotatable bonds is 18. The molecule has 25 heavy (non-hydrogen) atoms. The largest absolute Gasteiger partial charge is 1.00 e. The second kappa shape index (κ2) is 20.8. The normalized spacial score (nSPS) is 11.1. The van der Waals surface area contributed by atoms with Gasteiger partial charge >= 0.3 is 0 Å². The highest BCUT2D eigenvalue weighted by molar-refractivity contribution is 14.1. The topological polar surface area (TPSA) is 0 Å². The summed E-state index contributed by atoms with van der Waals surface area (Å²) in [4.78, 5) is 0. The molecule has 0 spiro atoms. The van der Waals surface area contributed by atoms with Crippen molar-refractivity contribution in [1.82, 2.24) is 0 Å². The average Bonchev–Trinajstić information content (AvgIpc) is 2.60. The van der Waals surface area contributed by atoms with Gasteiger partial charge in [-0.25, -0.2) is 0 Å². The molecule has 0 saturated carbocycles. The molecule has 0 aromatic rings. The zero-order chi connectivity index (χ0) is 17.9. The molecule has 0 aromatic heterocycles. The van der Waals surface area contributed by atoms with Crippen LogP contribution in [-0.4, -0.2) is 28.7 Å². The highest BCUT2D eigenvalue weighted by atomic mass is 127. The van der Waals surface area contributed by atoms with Gasteiger partial charge in [-0.2, -0.15) is 0 Å². The number of terminal acetylenes is 1. The predicted molar refractivity (Wildman–Crippen MR) is 119 cm³/mol. The van der Waals surface area contributed by atoms with E-state index in [-0.39, 0.29) is 12.4 Å². The molecule has 1 nitrogen and oxygen atoms in total. The molecule has 3 heteroatoms. The van der Waals surface area contributed by atoms with Crippen LogP contribution in [0.2, 0.25) is 0 Å². The number of halogens is 2. The van der Waals surface area contributed by atoms with Gasteiger partial charge in [0.15, 0.2) is 0 Å². The fourth-order valence-corrected chi connectivity index (χ4v) is 4.36. The molecule has 0 N–H and O–H groups in total. The molecular formula is C22H43ClIN. The van der Waals surface area contributed by atoms with Crippen molar-refractivity contribution in [3.8, 4) is 12.3 Å². The van der Waals surface area contributed by atoms with Gasteiger partial charge in [-0.05, 0) is 54.2 Å². The van der Waals surface area contributed by atoms with E-state index in [9.17, 15) is 0 Å². The van der Waals surface area contributed by atoms with Gasteiger partial charge in [0.25, 0.3) is 0 Å². The summed E-state index contributed by atoms with van der Waals surface area (Å²) in [5.41, 5.74) is 0. The molecule has 0 heterocycles. The Morgan fingerprint density at radius 3 is 1.36 bits per heavy atom. The number of unbranched alkanes of at least 4 members (excludes halogenated alkanes) is 12. The van der Waals surface area contributed by atoms with E-state index in [4.69, 9.17) is 6.42 Å². The van der Waals surface area contributed by atoms with Gasteiger partial charge in [0.05, 0.1) is 13.1 Å². The summed E-state index contributed by atoms with van der Waals surface area (Å²) >= 11 is 2.56. The SMILES string of the molecule is C#CC[N+](CI)(CCCCCCCCC)CCCCCCCCC.[Cl-]. The number of quaternary nitrogens is 1. The first-order chi connectivity index (χ1) is 11.7. The lowest BCUT2D eigenvalue weighted by Gasteiger charge is -2.35. The third-order valence-electron chi connectivity index (χ3n) is 5.15. The Hall–Kier alpha value is 0.540. The smallest absolute Gasteiger partial charge is 0.141 e. The van der Waals surface area contributed by atoms with E-state index in [0.717, 1.165) is 11.0 Å². The molecule has 0 rings (SSSR count). The maximum atomic E-state index is 5.69. The third kappa shape index (κ3) is 16.4. The van der Waals surface area contributed by atoms with E-state index in [1.807, 2.05) is 0 Å². The lowest BCUT2D eigenvalue weighted by atomic mass is 10.1. The molecule has 0 aliphatic rings. The number of hydrogen-bond acceptors (Lipinski definition) is 0. The Bertz CT molecular complexity index is 283. The van der Waals surface area contributed by atoms with Gasteiger partial charge < -0.3 is 16.9 Å². The minimum absolute atomic E-state index is 0. The molecule has 0 aliphatic heterocycles. The van der Waals surface area contributed by atoms with Crippen LogP contribution in [0.3, 0.4) is 0 Å². The van der Waals surface area contributed by atoms with Crippen molar-refractivity contribution < 1.29 is 16.9 Å². The van der Waals surface area contributed by atoms with Gasteiger partial charge in [-0.15, -0.1) is 6.42 Å². The van der Waals surface area contributed by atoms with Crippen LogP contribution in [0.4, 0.5) is 0 Å². The van der Waals surface area contributed by atoms with Crippen LogP contribution in [0.15, 0.2) is 0 Å². The van der Waals surface area contributed by atoms with Crippen molar-refractivity contribution in [3.63, 3.8) is 0 Å². The van der Waals surface area contributed by atoms with E-state index in [1.54, 1.807) is 0 Å². The van der Waals surface area contributed by atoms with E-state index in [1.165, 1.54) is 108 Å². The number of hydrogen-bond donors (Lipinski definition) is 0. The molecule has 0 fully saturated rings. The summed E-state index contributed by atoms with van der Waals surface area (Å²) in [6.07, 6.45) is 25.2. The van der Waals surface area contributed by atoms with Gasteiger partial charge in [0, 0.05) is 0 Å². The van der Waals surface area contributed by atoms with Gasteiger partial charge in [-0.3, -0.25) is 0 Å². The summed E-state index contributed by atoms with van der Waals surface area (Å²) < 4.78 is 2.33. The van der Waals surface area contributed by atoms with E-state index >= 15 is 0 Å². The highest BCUT2D eigenvalue weighted by Crippen LogP contribution is 2.17. The minimum Gasteiger partial charge on any atom is -1.00 e. The van der Waals surface area contributed by atoms with Crippen molar-refractivity contribution in [2.45, 2.75) is 104 Å². The fraction of sp³-hybridized carbons (Fsp3) is 0.909. The number of nitrogens with zero attached hydrogens (tertiary/aromatic N) is 1. The molecule has 0 amide bonds. The summed E-state index contributed by atoms with van der Waals surface area (Å²) in [5, 5.41) is 0. The van der Waals surface area contributed by atoms with Crippen LogP contribution >= 0.6 is 22.6 Å². The first-order valence-corrected chi connectivity index (χ1v) is 12.1. The van der Waals surface area contributed by atoms with Crippen molar-refractivity contribution >= 4 is 22.6 Å². The van der Waals surface area contributed by atoms with Crippen LogP contribution < -0.4 is 12.4 Å². The molecular weight excluding hydrogens is 441 g/mol. The molecule has 0 atom stereocenters. The molecule has 0 aliphatic carbocycles. The average molecular weight is 484 g/mol. The van der Waals surface area contributed by atoms with Gasteiger partial charge in [-0.1, -0.05) is 78.1 Å². The standard InChI is InChI=1S/C22H43IN.ClH/c1-4-7-9-11-13-15-17-20-24(22-23,19-6-3)21-18-16-14-12-10-8-5-2;/h3H,4-5,7-22H2,1-2H3;1H/q+1;/p-1. The molecule has 150 valence electrons. The first kappa shape index (κ1) is 27.8. The third-order valence-corrected chi connectivity index (χ3v) is 6.60. The summed E-state index contributed by atoms with van der Waals surface area (Å²) in [7, 11) is 0. The number of alkyl halides is 1. The quantitative estimate of drug-likeness (QED) is 0.0679. The second-order valence-electron chi connectivity index (χ2n) is 7.51. The second-order valence-corrected chi connectivity index (χ2v) is 8.20. The zero-order valence-corrected chi connectivity index (χ0v) is 19.9.